The van der Waals surface area contributed by atoms with Gasteiger partial charge < -0.3 is 10.5 Å². The molecular formula is C13H9F3INO. The van der Waals surface area contributed by atoms with E-state index in [0.717, 1.165) is 15.7 Å². The minimum atomic E-state index is -4.38. The van der Waals surface area contributed by atoms with Crippen LogP contribution < -0.4 is 10.5 Å². The van der Waals surface area contributed by atoms with Gasteiger partial charge in [0.1, 0.15) is 11.5 Å². The summed E-state index contributed by atoms with van der Waals surface area (Å²) in [5.74, 6) is 0.603. The summed E-state index contributed by atoms with van der Waals surface area (Å²) in [6.45, 7) is 0. The van der Waals surface area contributed by atoms with E-state index in [1.54, 1.807) is 18.2 Å². The topological polar surface area (TPSA) is 35.2 Å². The van der Waals surface area contributed by atoms with Crippen molar-refractivity contribution in [3.63, 3.8) is 0 Å². The highest BCUT2D eigenvalue weighted by Gasteiger charge is 2.30. The first-order chi connectivity index (χ1) is 8.86. The molecule has 0 aliphatic carbocycles. The number of hydrogen-bond donors (Lipinski definition) is 1. The van der Waals surface area contributed by atoms with E-state index in [1.807, 2.05) is 22.6 Å². The maximum Gasteiger partial charge on any atom is 0.416 e. The Labute approximate surface area is 121 Å². The maximum absolute atomic E-state index is 12.6. The zero-order valence-corrected chi connectivity index (χ0v) is 11.7. The number of halogens is 4. The number of rotatable bonds is 2. The maximum atomic E-state index is 12.6. The number of nitrogens with two attached hydrogens (primary N) is 1. The van der Waals surface area contributed by atoms with Crippen molar-refractivity contribution in [1.29, 1.82) is 0 Å². The molecule has 6 heteroatoms. The van der Waals surface area contributed by atoms with Gasteiger partial charge in [0.15, 0.2) is 0 Å². The average molecular weight is 379 g/mol. The van der Waals surface area contributed by atoms with Crippen LogP contribution in [-0.2, 0) is 6.18 Å². The lowest BCUT2D eigenvalue weighted by molar-refractivity contribution is -0.137. The van der Waals surface area contributed by atoms with Crippen LogP contribution in [0.25, 0.3) is 0 Å². The van der Waals surface area contributed by atoms with Crippen LogP contribution in [0.15, 0.2) is 42.5 Å². The lowest BCUT2D eigenvalue weighted by Crippen LogP contribution is -2.04. The van der Waals surface area contributed by atoms with Gasteiger partial charge in [0, 0.05) is 5.69 Å². The second-order valence-electron chi connectivity index (χ2n) is 3.82. The van der Waals surface area contributed by atoms with E-state index in [9.17, 15) is 13.2 Å². The third kappa shape index (κ3) is 3.52. The fourth-order valence-corrected chi connectivity index (χ4v) is 2.11. The summed E-state index contributed by atoms with van der Waals surface area (Å²) in [7, 11) is 0. The smallest absolute Gasteiger partial charge is 0.416 e. The monoisotopic (exact) mass is 379 g/mol. The van der Waals surface area contributed by atoms with Gasteiger partial charge in [-0.15, -0.1) is 0 Å². The third-order valence-electron chi connectivity index (χ3n) is 2.35. The fraction of sp³-hybridized carbons (Fsp3) is 0.0769. The van der Waals surface area contributed by atoms with Crippen molar-refractivity contribution in [2.75, 3.05) is 5.73 Å². The molecule has 0 fully saturated rings. The molecule has 0 aliphatic heterocycles. The predicted octanol–water partition coefficient (Wildman–Crippen LogP) is 4.68. The quantitative estimate of drug-likeness (QED) is 0.607. The van der Waals surface area contributed by atoms with Gasteiger partial charge in [0.2, 0.25) is 0 Å². The highest BCUT2D eigenvalue weighted by molar-refractivity contribution is 14.1. The van der Waals surface area contributed by atoms with Crippen LogP contribution in [0.1, 0.15) is 5.56 Å². The van der Waals surface area contributed by atoms with Crippen molar-refractivity contribution < 1.29 is 17.9 Å². The molecule has 0 heterocycles. The molecule has 0 unspecified atom stereocenters. The summed E-state index contributed by atoms with van der Waals surface area (Å²) in [5, 5.41) is 0. The Morgan fingerprint density at radius 2 is 1.79 bits per heavy atom. The fourth-order valence-electron chi connectivity index (χ4n) is 1.46. The third-order valence-corrected chi connectivity index (χ3v) is 3.19. The predicted molar refractivity (Wildman–Crippen MR) is 75.1 cm³/mol. The summed E-state index contributed by atoms with van der Waals surface area (Å²) >= 11 is 2.01. The Balaban J connectivity index is 2.29. The normalized spacial score (nSPS) is 11.4. The number of benzene rings is 2. The standard InChI is InChI=1S/C13H9F3INO/c14-13(15,16)8-2-1-3-10(6-8)19-12-5-4-9(18)7-11(12)17/h1-7H,18H2. The van der Waals surface area contributed by atoms with Gasteiger partial charge in [-0.2, -0.15) is 13.2 Å². The first-order valence-corrected chi connectivity index (χ1v) is 6.34. The van der Waals surface area contributed by atoms with Gasteiger partial charge in [-0.3, -0.25) is 0 Å². The Bertz CT molecular complexity index is 599. The molecule has 2 aromatic carbocycles. The van der Waals surface area contributed by atoms with Crippen LogP contribution in [0.5, 0.6) is 11.5 Å². The molecular weight excluding hydrogens is 370 g/mol. The lowest BCUT2D eigenvalue weighted by atomic mass is 10.2. The van der Waals surface area contributed by atoms with Crippen LogP contribution in [0.3, 0.4) is 0 Å². The van der Waals surface area contributed by atoms with Crippen LogP contribution in [0.2, 0.25) is 0 Å². The molecule has 0 atom stereocenters. The highest BCUT2D eigenvalue weighted by atomic mass is 127. The second kappa shape index (κ2) is 5.28. The lowest BCUT2D eigenvalue weighted by Gasteiger charge is -2.11. The number of hydrogen-bond acceptors (Lipinski definition) is 2. The van der Waals surface area contributed by atoms with Crippen LogP contribution in [0.4, 0.5) is 18.9 Å². The molecule has 100 valence electrons. The second-order valence-corrected chi connectivity index (χ2v) is 4.98. The number of alkyl halides is 3. The van der Waals surface area contributed by atoms with E-state index >= 15 is 0 Å². The van der Waals surface area contributed by atoms with Gasteiger partial charge in [-0.25, -0.2) is 0 Å². The molecule has 0 aliphatic rings. The van der Waals surface area contributed by atoms with Gasteiger partial charge in [0.25, 0.3) is 0 Å². The van der Waals surface area contributed by atoms with Crippen molar-refractivity contribution in [3.05, 3.63) is 51.6 Å². The van der Waals surface area contributed by atoms with E-state index in [4.69, 9.17) is 10.5 Å². The molecule has 2 nitrogen and oxygen atoms in total. The van der Waals surface area contributed by atoms with Crippen molar-refractivity contribution in [2.45, 2.75) is 6.18 Å². The van der Waals surface area contributed by atoms with Gasteiger partial charge in [-0.05, 0) is 59.0 Å². The molecule has 0 amide bonds. The summed E-state index contributed by atoms with van der Waals surface area (Å²) in [6, 6.07) is 9.68. The summed E-state index contributed by atoms with van der Waals surface area (Å²) in [4.78, 5) is 0. The first-order valence-electron chi connectivity index (χ1n) is 5.26. The van der Waals surface area contributed by atoms with Gasteiger partial charge in [0.05, 0.1) is 9.13 Å². The Morgan fingerprint density at radius 3 is 2.42 bits per heavy atom. The number of anilines is 1. The zero-order chi connectivity index (χ0) is 14.0. The summed E-state index contributed by atoms with van der Waals surface area (Å²) in [5.41, 5.74) is 5.42. The van der Waals surface area contributed by atoms with Crippen molar-refractivity contribution in [1.82, 2.24) is 0 Å². The summed E-state index contributed by atoms with van der Waals surface area (Å²) < 4.78 is 43.9. The van der Waals surface area contributed by atoms with Gasteiger partial charge >= 0.3 is 6.18 Å². The molecule has 2 aromatic rings. The van der Waals surface area contributed by atoms with Crippen molar-refractivity contribution in [3.8, 4) is 11.5 Å². The van der Waals surface area contributed by atoms with Crippen molar-refractivity contribution >= 4 is 28.3 Å². The Morgan fingerprint density at radius 1 is 1.05 bits per heavy atom. The number of ether oxygens (including phenoxy) is 1. The first kappa shape index (κ1) is 14.0. The minimum absolute atomic E-state index is 0.137. The van der Waals surface area contributed by atoms with Crippen LogP contribution in [0, 0.1) is 3.57 Å². The van der Waals surface area contributed by atoms with E-state index in [0.29, 0.717) is 11.4 Å². The van der Waals surface area contributed by atoms with E-state index in [2.05, 4.69) is 0 Å². The Hall–Kier alpha value is -1.44. The summed E-state index contributed by atoms with van der Waals surface area (Å²) in [6.07, 6.45) is -4.38. The molecule has 0 bridgehead atoms. The largest absolute Gasteiger partial charge is 0.456 e. The molecule has 0 radical (unpaired) electrons. The molecule has 0 saturated heterocycles. The van der Waals surface area contributed by atoms with Crippen LogP contribution in [-0.4, -0.2) is 0 Å². The molecule has 0 aromatic heterocycles. The molecule has 2 rings (SSSR count). The van der Waals surface area contributed by atoms with Gasteiger partial charge in [-0.1, -0.05) is 6.07 Å². The molecule has 0 saturated carbocycles. The highest BCUT2D eigenvalue weighted by Crippen LogP contribution is 2.34. The number of nitrogen functional groups attached to an aromatic ring is 1. The van der Waals surface area contributed by atoms with Crippen LogP contribution >= 0.6 is 22.6 Å². The SMILES string of the molecule is Nc1ccc(Oc2cccc(C(F)(F)F)c2)c(I)c1. The van der Waals surface area contributed by atoms with E-state index in [1.165, 1.54) is 12.1 Å². The average Bonchev–Trinajstić information content (AvgIpc) is 2.32. The Kier molecular flexibility index (Phi) is 3.88. The van der Waals surface area contributed by atoms with E-state index < -0.39 is 11.7 Å². The molecule has 0 spiro atoms. The molecule has 19 heavy (non-hydrogen) atoms. The zero-order valence-electron chi connectivity index (χ0n) is 9.54. The van der Waals surface area contributed by atoms with Crippen molar-refractivity contribution in [2.24, 2.45) is 0 Å². The minimum Gasteiger partial charge on any atom is -0.456 e. The molecule has 2 N–H and O–H groups in total. The van der Waals surface area contributed by atoms with E-state index in [-0.39, 0.29) is 5.75 Å².